The van der Waals surface area contributed by atoms with Crippen molar-refractivity contribution in [3.63, 3.8) is 0 Å². The van der Waals surface area contributed by atoms with Crippen LogP contribution in [0.15, 0.2) is 48.5 Å². The Bertz CT molecular complexity index is 623. The normalized spacial score (nSPS) is 12.0. The largest absolute Gasteiger partial charge is 0.387 e. The molecule has 1 amide bonds. The first kappa shape index (κ1) is 16.2. The predicted octanol–water partition coefficient (Wildman–Crippen LogP) is 2.78. The molecule has 0 radical (unpaired) electrons. The maximum atomic E-state index is 11.2. The minimum atomic E-state index is -0.548. The summed E-state index contributed by atoms with van der Waals surface area (Å²) in [6, 6.07) is 15.5. The summed E-state index contributed by atoms with van der Waals surface area (Å²) in [6.07, 6.45) is -0.548. The van der Waals surface area contributed by atoms with Crippen LogP contribution in [-0.4, -0.2) is 17.6 Å². The molecule has 0 bridgehead atoms. The SMILES string of the molecule is CC(=O)Nc1ccccc1CNCC(O)c1ccc(C)cc1. The number of hydrogen-bond acceptors (Lipinski definition) is 3. The second-order valence-corrected chi connectivity index (χ2v) is 5.40. The van der Waals surface area contributed by atoms with E-state index in [9.17, 15) is 9.90 Å². The van der Waals surface area contributed by atoms with Crippen molar-refractivity contribution >= 4 is 11.6 Å². The molecule has 2 aromatic carbocycles. The molecule has 0 aliphatic rings. The molecule has 4 heteroatoms. The van der Waals surface area contributed by atoms with Gasteiger partial charge in [-0.05, 0) is 24.1 Å². The standard InChI is InChI=1S/C18H22N2O2/c1-13-7-9-15(10-8-13)18(22)12-19-11-16-5-3-4-6-17(16)20-14(2)21/h3-10,18-19,22H,11-12H2,1-2H3,(H,20,21). The van der Waals surface area contributed by atoms with Crippen molar-refractivity contribution in [3.8, 4) is 0 Å². The molecule has 3 N–H and O–H groups in total. The van der Waals surface area contributed by atoms with Gasteiger partial charge in [-0.3, -0.25) is 4.79 Å². The van der Waals surface area contributed by atoms with Crippen LogP contribution < -0.4 is 10.6 Å². The molecular formula is C18H22N2O2. The van der Waals surface area contributed by atoms with Gasteiger partial charge in [0.2, 0.25) is 5.91 Å². The highest BCUT2D eigenvalue weighted by Crippen LogP contribution is 2.16. The number of hydrogen-bond donors (Lipinski definition) is 3. The van der Waals surface area contributed by atoms with Gasteiger partial charge in [0.1, 0.15) is 0 Å². The van der Waals surface area contributed by atoms with Gasteiger partial charge < -0.3 is 15.7 Å². The number of carbonyl (C=O) groups is 1. The molecule has 2 rings (SSSR count). The van der Waals surface area contributed by atoms with Crippen molar-refractivity contribution in [2.75, 3.05) is 11.9 Å². The second-order valence-electron chi connectivity index (χ2n) is 5.40. The van der Waals surface area contributed by atoms with Gasteiger partial charge in [-0.25, -0.2) is 0 Å². The lowest BCUT2D eigenvalue weighted by Crippen LogP contribution is -2.22. The van der Waals surface area contributed by atoms with Gasteiger partial charge >= 0.3 is 0 Å². The zero-order valence-electron chi connectivity index (χ0n) is 13.0. The number of para-hydroxylation sites is 1. The highest BCUT2D eigenvalue weighted by Gasteiger charge is 2.08. The Kier molecular flexibility index (Phi) is 5.69. The Labute approximate surface area is 131 Å². The Hall–Kier alpha value is -2.17. The minimum Gasteiger partial charge on any atom is -0.387 e. The minimum absolute atomic E-state index is 0.0906. The number of benzene rings is 2. The van der Waals surface area contributed by atoms with Gasteiger partial charge in [0.25, 0.3) is 0 Å². The molecule has 2 aromatic rings. The van der Waals surface area contributed by atoms with Gasteiger partial charge in [0.05, 0.1) is 6.10 Å². The Morgan fingerprint density at radius 1 is 1.14 bits per heavy atom. The summed E-state index contributed by atoms with van der Waals surface area (Å²) in [5, 5.41) is 16.2. The van der Waals surface area contributed by atoms with E-state index in [0.717, 1.165) is 16.8 Å². The Morgan fingerprint density at radius 2 is 1.82 bits per heavy atom. The molecule has 1 unspecified atom stereocenters. The van der Waals surface area contributed by atoms with E-state index in [0.29, 0.717) is 13.1 Å². The molecule has 0 saturated heterocycles. The third kappa shape index (κ3) is 4.69. The Morgan fingerprint density at radius 3 is 2.50 bits per heavy atom. The maximum Gasteiger partial charge on any atom is 0.221 e. The molecule has 0 heterocycles. The number of carbonyl (C=O) groups excluding carboxylic acids is 1. The van der Waals surface area contributed by atoms with Gasteiger partial charge in [0.15, 0.2) is 0 Å². The van der Waals surface area contributed by atoms with Crippen LogP contribution in [0.1, 0.15) is 29.7 Å². The molecule has 0 aromatic heterocycles. The molecule has 0 fully saturated rings. The molecule has 0 aliphatic heterocycles. The van der Waals surface area contributed by atoms with Crippen molar-refractivity contribution in [2.45, 2.75) is 26.5 Å². The average molecular weight is 298 g/mol. The lowest BCUT2D eigenvalue weighted by Gasteiger charge is -2.14. The van der Waals surface area contributed by atoms with Gasteiger partial charge in [-0.2, -0.15) is 0 Å². The number of amides is 1. The van der Waals surface area contributed by atoms with E-state index in [2.05, 4.69) is 10.6 Å². The van der Waals surface area contributed by atoms with E-state index in [4.69, 9.17) is 0 Å². The predicted molar refractivity (Wildman–Crippen MR) is 88.6 cm³/mol. The molecule has 1 atom stereocenters. The monoisotopic (exact) mass is 298 g/mol. The van der Waals surface area contributed by atoms with Crippen LogP contribution >= 0.6 is 0 Å². The van der Waals surface area contributed by atoms with E-state index in [-0.39, 0.29) is 5.91 Å². The van der Waals surface area contributed by atoms with E-state index in [1.165, 1.54) is 12.5 Å². The zero-order valence-corrected chi connectivity index (χ0v) is 13.0. The fraction of sp³-hybridized carbons (Fsp3) is 0.278. The molecule has 4 nitrogen and oxygen atoms in total. The number of rotatable bonds is 6. The van der Waals surface area contributed by atoms with E-state index in [1.54, 1.807) is 0 Å². The highest BCUT2D eigenvalue weighted by atomic mass is 16.3. The number of aryl methyl sites for hydroxylation is 1. The van der Waals surface area contributed by atoms with E-state index < -0.39 is 6.10 Å². The summed E-state index contributed by atoms with van der Waals surface area (Å²) in [6.45, 7) is 4.55. The summed E-state index contributed by atoms with van der Waals surface area (Å²) < 4.78 is 0. The average Bonchev–Trinajstić information content (AvgIpc) is 2.49. The van der Waals surface area contributed by atoms with Crippen LogP contribution in [0, 0.1) is 6.92 Å². The topological polar surface area (TPSA) is 61.4 Å². The van der Waals surface area contributed by atoms with Gasteiger partial charge in [0, 0.05) is 25.7 Å². The lowest BCUT2D eigenvalue weighted by molar-refractivity contribution is -0.114. The van der Waals surface area contributed by atoms with Crippen LogP contribution in [0.25, 0.3) is 0 Å². The summed E-state index contributed by atoms with van der Waals surface area (Å²) in [5.74, 6) is -0.0906. The van der Waals surface area contributed by atoms with Gasteiger partial charge in [-0.15, -0.1) is 0 Å². The van der Waals surface area contributed by atoms with Crippen molar-refractivity contribution in [3.05, 3.63) is 65.2 Å². The lowest BCUT2D eigenvalue weighted by atomic mass is 10.1. The van der Waals surface area contributed by atoms with Crippen molar-refractivity contribution in [1.82, 2.24) is 5.32 Å². The third-order valence-corrected chi connectivity index (χ3v) is 3.44. The Balaban J connectivity index is 1.91. The highest BCUT2D eigenvalue weighted by molar-refractivity contribution is 5.89. The van der Waals surface area contributed by atoms with E-state index in [1.807, 2.05) is 55.5 Å². The third-order valence-electron chi connectivity index (χ3n) is 3.44. The number of anilines is 1. The second kappa shape index (κ2) is 7.73. The molecular weight excluding hydrogens is 276 g/mol. The van der Waals surface area contributed by atoms with Crippen LogP contribution in [0.4, 0.5) is 5.69 Å². The van der Waals surface area contributed by atoms with Gasteiger partial charge in [-0.1, -0.05) is 48.0 Å². The fourth-order valence-corrected chi connectivity index (χ4v) is 2.24. The summed E-state index contributed by atoms with van der Waals surface area (Å²) in [7, 11) is 0. The summed E-state index contributed by atoms with van der Waals surface area (Å²) in [4.78, 5) is 11.2. The van der Waals surface area contributed by atoms with Crippen molar-refractivity contribution < 1.29 is 9.90 Å². The quantitative estimate of drug-likeness (QED) is 0.768. The number of aliphatic hydroxyl groups excluding tert-OH is 1. The smallest absolute Gasteiger partial charge is 0.221 e. The van der Waals surface area contributed by atoms with Crippen LogP contribution in [-0.2, 0) is 11.3 Å². The number of nitrogens with one attached hydrogen (secondary N) is 2. The van der Waals surface area contributed by atoms with Crippen LogP contribution in [0.2, 0.25) is 0 Å². The summed E-state index contributed by atoms with van der Waals surface area (Å²) in [5.41, 5.74) is 3.86. The fourth-order valence-electron chi connectivity index (χ4n) is 2.24. The van der Waals surface area contributed by atoms with Crippen LogP contribution in [0.3, 0.4) is 0 Å². The first-order valence-electron chi connectivity index (χ1n) is 7.37. The van der Waals surface area contributed by atoms with Crippen molar-refractivity contribution in [1.29, 1.82) is 0 Å². The number of aliphatic hydroxyl groups is 1. The van der Waals surface area contributed by atoms with Crippen LogP contribution in [0.5, 0.6) is 0 Å². The zero-order chi connectivity index (χ0) is 15.9. The van der Waals surface area contributed by atoms with E-state index >= 15 is 0 Å². The molecule has 0 saturated carbocycles. The molecule has 22 heavy (non-hydrogen) atoms. The molecule has 0 aliphatic carbocycles. The first-order chi connectivity index (χ1) is 10.6. The first-order valence-corrected chi connectivity index (χ1v) is 7.37. The summed E-state index contributed by atoms with van der Waals surface area (Å²) >= 11 is 0. The maximum absolute atomic E-state index is 11.2. The van der Waals surface area contributed by atoms with Crippen molar-refractivity contribution in [2.24, 2.45) is 0 Å². The molecule has 116 valence electrons. The molecule has 0 spiro atoms.